The number of alkyl halides is 3. The molecule has 1 unspecified atom stereocenters. The van der Waals surface area contributed by atoms with E-state index in [1.54, 1.807) is 4.90 Å². The van der Waals surface area contributed by atoms with E-state index >= 15 is 0 Å². The van der Waals surface area contributed by atoms with Crippen molar-refractivity contribution in [1.82, 2.24) is 19.9 Å². The topological polar surface area (TPSA) is 69.5 Å². The molecule has 5 rings (SSSR count). The summed E-state index contributed by atoms with van der Waals surface area (Å²) in [5, 5.41) is 8.20. The maximum Gasteiger partial charge on any atom is 0.573 e. The molecule has 3 aromatic rings. The molecule has 36 heavy (non-hydrogen) atoms. The van der Waals surface area contributed by atoms with E-state index in [0.29, 0.717) is 30.3 Å². The molecule has 2 aromatic carbocycles. The van der Waals surface area contributed by atoms with Crippen LogP contribution in [0.2, 0.25) is 0 Å². The average Bonchev–Trinajstić information content (AvgIpc) is 3.57. The van der Waals surface area contributed by atoms with Gasteiger partial charge < -0.3 is 14.4 Å². The Balaban J connectivity index is 0.000000375. The molecule has 2 heterocycles. The van der Waals surface area contributed by atoms with Crippen LogP contribution in [0.15, 0.2) is 60.8 Å². The number of hydrogen-bond acceptors (Lipinski definition) is 5. The molecule has 1 aliphatic heterocycles. The van der Waals surface area contributed by atoms with Gasteiger partial charge in [-0.25, -0.2) is 4.79 Å². The fourth-order valence-corrected chi connectivity index (χ4v) is 3.78. The van der Waals surface area contributed by atoms with Gasteiger partial charge in [-0.3, -0.25) is 0 Å². The first-order chi connectivity index (χ1) is 17.3. The number of amides is 1. The molecule has 1 aliphatic carbocycles. The van der Waals surface area contributed by atoms with Gasteiger partial charge in [0.15, 0.2) is 0 Å². The van der Waals surface area contributed by atoms with Crippen molar-refractivity contribution < 1.29 is 27.4 Å². The van der Waals surface area contributed by atoms with E-state index in [4.69, 9.17) is 4.74 Å². The smallest absolute Gasteiger partial charge is 0.406 e. The number of piperidine rings is 1. The summed E-state index contributed by atoms with van der Waals surface area (Å²) in [7, 11) is 0. The minimum absolute atomic E-state index is 0.0320. The van der Waals surface area contributed by atoms with Gasteiger partial charge in [-0.2, -0.15) is 5.10 Å². The molecule has 1 amide bonds. The first-order valence-electron chi connectivity index (χ1n) is 12.0. The van der Waals surface area contributed by atoms with Gasteiger partial charge in [0.2, 0.25) is 0 Å². The van der Waals surface area contributed by atoms with Crippen LogP contribution in [0.5, 0.6) is 5.75 Å². The van der Waals surface area contributed by atoms with Crippen LogP contribution >= 0.6 is 0 Å². The lowest BCUT2D eigenvalue weighted by Crippen LogP contribution is -2.45. The Hall–Kier alpha value is -3.40. The van der Waals surface area contributed by atoms with Gasteiger partial charge in [0.1, 0.15) is 11.4 Å². The van der Waals surface area contributed by atoms with E-state index in [1.165, 1.54) is 48.9 Å². The van der Waals surface area contributed by atoms with Crippen molar-refractivity contribution in [3.8, 4) is 17.0 Å². The molecule has 2 aliphatic rings. The van der Waals surface area contributed by atoms with E-state index in [9.17, 15) is 18.0 Å². The minimum Gasteiger partial charge on any atom is -0.406 e. The second kappa shape index (κ2) is 11.6. The van der Waals surface area contributed by atoms with Gasteiger partial charge >= 0.3 is 12.4 Å². The summed E-state index contributed by atoms with van der Waals surface area (Å²) in [6.07, 6.45) is 0.923. The lowest BCUT2D eigenvalue weighted by atomic mass is 10.1. The van der Waals surface area contributed by atoms with Crippen LogP contribution in [0.25, 0.3) is 11.3 Å². The van der Waals surface area contributed by atoms with E-state index in [0.717, 1.165) is 24.2 Å². The molecule has 192 valence electrons. The van der Waals surface area contributed by atoms with Gasteiger partial charge in [-0.05, 0) is 62.8 Å². The summed E-state index contributed by atoms with van der Waals surface area (Å²) >= 11 is 0. The summed E-state index contributed by atoms with van der Waals surface area (Å²) in [5.74, 6) is 0.347. The molecular formula is C26H29F3N4O3. The van der Waals surface area contributed by atoms with Crippen LogP contribution in [0, 0.1) is 12.8 Å². The molecule has 1 aromatic heterocycles. The van der Waals surface area contributed by atoms with Crippen molar-refractivity contribution in [3.05, 3.63) is 66.4 Å². The van der Waals surface area contributed by atoms with Crippen molar-refractivity contribution in [2.75, 3.05) is 19.7 Å². The van der Waals surface area contributed by atoms with Crippen LogP contribution < -0.4 is 4.74 Å². The average molecular weight is 503 g/mol. The van der Waals surface area contributed by atoms with Crippen molar-refractivity contribution in [2.45, 2.75) is 45.1 Å². The highest BCUT2D eigenvalue weighted by atomic mass is 19.4. The number of carbonyl (C=O) groups excluding carboxylic acids is 1. The van der Waals surface area contributed by atoms with Gasteiger partial charge in [-0.15, -0.1) is 18.3 Å². The number of ether oxygens (including phenoxy) is 2. The van der Waals surface area contributed by atoms with Crippen LogP contribution in [0.1, 0.15) is 31.2 Å². The molecule has 0 spiro atoms. The van der Waals surface area contributed by atoms with Crippen molar-refractivity contribution in [3.63, 3.8) is 0 Å². The summed E-state index contributed by atoms with van der Waals surface area (Å²) in [5.41, 5.74) is 2.24. The maximum absolute atomic E-state index is 12.7. The molecule has 2 fully saturated rings. The van der Waals surface area contributed by atoms with Gasteiger partial charge in [0, 0.05) is 25.3 Å². The fraction of sp³-hybridized carbons (Fsp3) is 0.423. The zero-order valence-corrected chi connectivity index (χ0v) is 20.0. The zero-order chi connectivity index (χ0) is 25.5. The third kappa shape index (κ3) is 7.81. The third-order valence-corrected chi connectivity index (χ3v) is 5.90. The first kappa shape index (κ1) is 25.7. The number of rotatable bonds is 5. The Morgan fingerprint density at radius 1 is 1.06 bits per heavy atom. The molecule has 0 bridgehead atoms. The minimum atomic E-state index is -4.74. The molecule has 1 saturated heterocycles. The quantitative estimate of drug-likeness (QED) is 0.448. The number of aryl methyl sites for hydroxylation is 1. The van der Waals surface area contributed by atoms with E-state index in [2.05, 4.69) is 34.0 Å². The number of carbonyl (C=O) groups is 1. The molecule has 1 saturated carbocycles. The molecule has 7 nitrogen and oxygen atoms in total. The van der Waals surface area contributed by atoms with Gasteiger partial charge in [-0.1, -0.05) is 40.7 Å². The van der Waals surface area contributed by atoms with E-state index < -0.39 is 6.36 Å². The monoisotopic (exact) mass is 502 g/mol. The zero-order valence-electron chi connectivity index (χ0n) is 20.0. The predicted octanol–water partition coefficient (Wildman–Crippen LogP) is 5.70. The summed E-state index contributed by atoms with van der Waals surface area (Å²) in [6.45, 7) is 3.96. The largest absolute Gasteiger partial charge is 0.573 e. The number of likely N-dealkylation sites (tertiary alicyclic amines) is 1. The van der Waals surface area contributed by atoms with Gasteiger partial charge in [0.25, 0.3) is 0 Å². The number of hydrogen-bond donors (Lipinski definition) is 0. The number of halogens is 3. The molecule has 1 atom stereocenters. The van der Waals surface area contributed by atoms with Crippen molar-refractivity contribution >= 4 is 6.03 Å². The van der Waals surface area contributed by atoms with Crippen LogP contribution in [0.3, 0.4) is 0 Å². The molecule has 0 radical (unpaired) electrons. The third-order valence-electron chi connectivity index (χ3n) is 5.90. The Labute approximate surface area is 207 Å². The molecule has 0 N–H and O–H groups in total. The second-order valence-electron chi connectivity index (χ2n) is 9.02. The predicted molar refractivity (Wildman–Crippen MR) is 127 cm³/mol. The van der Waals surface area contributed by atoms with Crippen LogP contribution in [-0.2, 0) is 4.74 Å². The Kier molecular flexibility index (Phi) is 8.25. The maximum atomic E-state index is 12.7. The normalized spacial score (nSPS) is 17.8. The highest BCUT2D eigenvalue weighted by molar-refractivity contribution is 5.75. The summed E-state index contributed by atoms with van der Waals surface area (Å²) < 4.78 is 46.5. The molecular weight excluding hydrogens is 473 g/mol. The first-order valence-corrected chi connectivity index (χ1v) is 12.0. The number of benzene rings is 2. The highest BCUT2D eigenvalue weighted by Crippen LogP contribution is 2.30. The standard InChI is InChI=1S/C19H21F3N4O3.C7H8/c20-19(21,22)29-15-7-5-14(6-8-15)17-10-23-26(24-17)18(27)25-9-1-2-16(11-25)28-12-13-3-4-13;1-7-5-3-2-4-6-7/h5-8,10,13,16H,1-4,9,11-12H2;2-6H,1H3. The Morgan fingerprint density at radius 2 is 1.78 bits per heavy atom. The van der Waals surface area contributed by atoms with Crippen molar-refractivity contribution in [1.29, 1.82) is 0 Å². The second-order valence-corrected chi connectivity index (χ2v) is 9.02. The van der Waals surface area contributed by atoms with E-state index in [1.807, 2.05) is 18.2 Å². The summed E-state index contributed by atoms with van der Waals surface area (Å²) in [6, 6.07) is 15.2. The van der Waals surface area contributed by atoms with E-state index in [-0.39, 0.29) is 17.9 Å². The van der Waals surface area contributed by atoms with Crippen LogP contribution in [-0.4, -0.2) is 58.1 Å². The van der Waals surface area contributed by atoms with Crippen LogP contribution in [0.4, 0.5) is 18.0 Å². The Bertz CT molecular complexity index is 1120. The van der Waals surface area contributed by atoms with Gasteiger partial charge in [0.05, 0.1) is 12.3 Å². The highest BCUT2D eigenvalue weighted by Gasteiger charge is 2.31. The lowest BCUT2D eigenvalue weighted by molar-refractivity contribution is -0.274. The SMILES string of the molecule is Cc1ccccc1.O=C(N1CCCC(OCC2CC2)C1)n1ncc(-c2ccc(OC(F)(F)F)cc2)n1. The summed E-state index contributed by atoms with van der Waals surface area (Å²) in [4.78, 5) is 15.4. The Morgan fingerprint density at radius 3 is 2.39 bits per heavy atom. The number of nitrogens with zero attached hydrogens (tertiary/aromatic N) is 4. The molecule has 10 heteroatoms. The lowest BCUT2D eigenvalue weighted by Gasteiger charge is -2.31. The number of aromatic nitrogens is 3. The van der Waals surface area contributed by atoms with Crippen molar-refractivity contribution in [2.24, 2.45) is 5.92 Å². The fourth-order valence-electron chi connectivity index (χ4n) is 3.78.